The molecule has 2 saturated carbocycles. The van der Waals surface area contributed by atoms with Gasteiger partial charge in [0.2, 0.25) is 0 Å². The molecule has 3 aliphatic carbocycles. The van der Waals surface area contributed by atoms with Crippen LogP contribution < -0.4 is 0 Å². The van der Waals surface area contributed by atoms with Gasteiger partial charge in [-0.25, -0.2) is 0 Å². The van der Waals surface area contributed by atoms with E-state index >= 15 is 0 Å². The molecule has 0 aromatic heterocycles. The topological polar surface area (TPSA) is 9.23 Å². The highest BCUT2D eigenvalue weighted by molar-refractivity contribution is 5.27. The minimum Gasteiger partial charge on any atom is -0.364 e. The highest BCUT2D eigenvalue weighted by Gasteiger charge is 2.32. The monoisotopic (exact) mass is 370 g/mol. The van der Waals surface area contributed by atoms with Crippen molar-refractivity contribution in [1.29, 1.82) is 0 Å². The van der Waals surface area contributed by atoms with Gasteiger partial charge in [-0.2, -0.15) is 13.2 Å². The predicted octanol–water partition coefficient (Wildman–Crippen LogP) is 6.84. The Labute approximate surface area is 156 Å². The smallest absolute Gasteiger partial charge is 0.364 e. The van der Waals surface area contributed by atoms with Gasteiger partial charge in [-0.1, -0.05) is 44.4 Å². The summed E-state index contributed by atoms with van der Waals surface area (Å²) < 4.78 is 41.7. The third-order valence-electron chi connectivity index (χ3n) is 6.93. The Balaban J connectivity index is 1.40. The van der Waals surface area contributed by atoms with Crippen molar-refractivity contribution >= 4 is 0 Å². The zero-order chi connectivity index (χ0) is 18.6. The van der Waals surface area contributed by atoms with Crippen LogP contribution in [0.25, 0.3) is 0 Å². The third kappa shape index (κ3) is 5.61. The highest BCUT2D eigenvalue weighted by atomic mass is 19.4. The molecule has 1 atom stereocenters. The molecule has 0 saturated heterocycles. The summed E-state index contributed by atoms with van der Waals surface area (Å²) in [6.07, 6.45) is 14.0. The Hall–Kier alpha value is -0.770. The van der Waals surface area contributed by atoms with Crippen LogP contribution in [0.3, 0.4) is 0 Å². The van der Waals surface area contributed by atoms with Crippen LogP contribution in [0.2, 0.25) is 0 Å². The maximum absolute atomic E-state index is 12.2. The molecule has 0 heterocycles. The summed E-state index contributed by atoms with van der Waals surface area (Å²) in [4.78, 5) is 0. The summed E-state index contributed by atoms with van der Waals surface area (Å²) in [5.74, 6) is 3.40. The lowest BCUT2D eigenvalue weighted by atomic mass is 9.68. The van der Waals surface area contributed by atoms with Gasteiger partial charge in [0.25, 0.3) is 0 Å². The van der Waals surface area contributed by atoms with E-state index in [0.717, 1.165) is 17.8 Å². The Bertz CT molecular complexity index is 492. The summed E-state index contributed by atoms with van der Waals surface area (Å²) in [6, 6.07) is 0. The molecule has 1 nitrogen and oxygen atoms in total. The minimum atomic E-state index is -4.24. The molecule has 3 aliphatic rings. The molecule has 0 aliphatic heterocycles. The zero-order valence-electron chi connectivity index (χ0n) is 15.9. The van der Waals surface area contributed by atoms with E-state index in [1.165, 1.54) is 63.4 Å². The molecule has 4 heteroatoms. The van der Waals surface area contributed by atoms with Crippen LogP contribution in [0.5, 0.6) is 0 Å². The van der Waals surface area contributed by atoms with Crippen LogP contribution in [-0.2, 0) is 4.74 Å². The van der Waals surface area contributed by atoms with Gasteiger partial charge in [-0.05, 0) is 74.2 Å². The number of hydrogen-bond acceptors (Lipinski definition) is 1. The van der Waals surface area contributed by atoms with E-state index in [2.05, 4.69) is 13.0 Å². The quantitative estimate of drug-likeness (QED) is 0.514. The molecule has 0 N–H and O–H groups in total. The second-order valence-electron chi connectivity index (χ2n) is 8.56. The molecule has 0 radical (unpaired) electrons. The van der Waals surface area contributed by atoms with E-state index in [9.17, 15) is 13.2 Å². The van der Waals surface area contributed by atoms with Crippen LogP contribution in [-0.4, -0.2) is 18.9 Å². The molecule has 0 aromatic carbocycles. The number of halogens is 3. The fourth-order valence-corrected chi connectivity index (χ4v) is 5.24. The SMILES string of the molecule is CCC1CCC(C2CCC(C3=CCC(OCC(F)(F)F)C=C3)CC2)CC1. The zero-order valence-corrected chi connectivity index (χ0v) is 15.9. The van der Waals surface area contributed by atoms with Crippen molar-refractivity contribution in [2.24, 2.45) is 23.7 Å². The van der Waals surface area contributed by atoms with Gasteiger partial charge in [0.05, 0.1) is 6.10 Å². The number of ether oxygens (including phenoxy) is 1. The molecular formula is C22H33F3O. The van der Waals surface area contributed by atoms with Crippen molar-refractivity contribution in [2.75, 3.05) is 6.61 Å². The first-order chi connectivity index (χ1) is 12.4. The minimum absolute atomic E-state index is 0.425. The third-order valence-corrected chi connectivity index (χ3v) is 6.93. The van der Waals surface area contributed by atoms with Crippen molar-refractivity contribution in [2.45, 2.75) is 83.4 Å². The lowest BCUT2D eigenvalue weighted by Crippen LogP contribution is -2.27. The Morgan fingerprint density at radius 2 is 1.58 bits per heavy atom. The van der Waals surface area contributed by atoms with E-state index < -0.39 is 18.9 Å². The van der Waals surface area contributed by atoms with Gasteiger partial charge in [0.15, 0.2) is 0 Å². The molecule has 0 bridgehead atoms. The van der Waals surface area contributed by atoms with Crippen LogP contribution in [0, 0.1) is 23.7 Å². The molecule has 2 fully saturated rings. The van der Waals surface area contributed by atoms with Gasteiger partial charge < -0.3 is 4.74 Å². The van der Waals surface area contributed by atoms with Crippen molar-refractivity contribution in [3.8, 4) is 0 Å². The van der Waals surface area contributed by atoms with E-state index in [1.807, 2.05) is 12.2 Å². The van der Waals surface area contributed by atoms with E-state index in [1.54, 1.807) is 0 Å². The molecule has 148 valence electrons. The Morgan fingerprint density at radius 1 is 0.962 bits per heavy atom. The largest absolute Gasteiger partial charge is 0.411 e. The first-order valence-electron chi connectivity index (χ1n) is 10.5. The molecular weight excluding hydrogens is 337 g/mol. The van der Waals surface area contributed by atoms with Gasteiger partial charge in [0, 0.05) is 0 Å². The number of alkyl halides is 3. The second kappa shape index (κ2) is 8.95. The lowest BCUT2D eigenvalue weighted by molar-refractivity contribution is -0.180. The summed E-state index contributed by atoms with van der Waals surface area (Å²) in [7, 11) is 0. The van der Waals surface area contributed by atoms with Crippen LogP contribution in [0.15, 0.2) is 23.8 Å². The molecule has 0 spiro atoms. The average Bonchev–Trinajstić information content (AvgIpc) is 2.66. The fraction of sp³-hybridized carbons (Fsp3) is 0.818. The molecule has 0 amide bonds. The van der Waals surface area contributed by atoms with Crippen LogP contribution in [0.1, 0.15) is 71.1 Å². The molecule has 1 unspecified atom stereocenters. The Kier molecular flexibility index (Phi) is 6.87. The Morgan fingerprint density at radius 3 is 2.08 bits per heavy atom. The first kappa shape index (κ1) is 20.0. The van der Waals surface area contributed by atoms with Crippen molar-refractivity contribution in [3.63, 3.8) is 0 Å². The first-order valence-corrected chi connectivity index (χ1v) is 10.5. The van der Waals surface area contributed by atoms with Gasteiger partial charge in [-0.3, -0.25) is 0 Å². The number of rotatable bonds is 5. The van der Waals surface area contributed by atoms with Gasteiger partial charge in [0.1, 0.15) is 6.61 Å². The molecule has 0 aromatic rings. The summed E-state index contributed by atoms with van der Waals surface area (Å²) >= 11 is 0. The van der Waals surface area contributed by atoms with Crippen LogP contribution in [0.4, 0.5) is 13.2 Å². The van der Waals surface area contributed by atoms with E-state index in [-0.39, 0.29) is 0 Å². The van der Waals surface area contributed by atoms with Crippen molar-refractivity contribution in [3.05, 3.63) is 23.8 Å². The van der Waals surface area contributed by atoms with E-state index in [0.29, 0.717) is 12.3 Å². The average molecular weight is 370 g/mol. The second-order valence-corrected chi connectivity index (χ2v) is 8.56. The number of hydrogen-bond donors (Lipinski definition) is 0. The summed E-state index contributed by atoms with van der Waals surface area (Å²) in [5, 5.41) is 0. The molecule has 26 heavy (non-hydrogen) atoms. The normalized spacial score (nSPS) is 36.0. The van der Waals surface area contributed by atoms with Gasteiger partial charge in [-0.15, -0.1) is 0 Å². The lowest BCUT2D eigenvalue weighted by Gasteiger charge is -2.38. The standard InChI is InChI=1S/C22H33F3O/c1-2-16-3-5-17(6-4-16)18-7-9-19(10-8-18)20-11-13-21(14-12-20)26-15-22(23,24)25/h11-13,16-19,21H,2-10,14-15H2,1H3. The maximum atomic E-state index is 12.2. The van der Waals surface area contributed by atoms with Crippen LogP contribution >= 0.6 is 0 Å². The van der Waals surface area contributed by atoms with E-state index in [4.69, 9.17) is 4.74 Å². The summed E-state index contributed by atoms with van der Waals surface area (Å²) in [6.45, 7) is 1.16. The highest BCUT2D eigenvalue weighted by Crippen LogP contribution is 2.43. The van der Waals surface area contributed by atoms with Crippen molar-refractivity contribution < 1.29 is 17.9 Å². The predicted molar refractivity (Wildman–Crippen MR) is 98.8 cm³/mol. The van der Waals surface area contributed by atoms with Crippen molar-refractivity contribution in [1.82, 2.24) is 0 Å². The fourth-order valence-electron chi connectivity index (χ4n) is 5.24. The molecule has 3 rings (SSSR count). The summed E-state index contributed by atoms with van der Waals surface area (Å²) in [5.41, 5.74) is 1.32. The maximum Gasteiger partial charge on any atom is 0.411 e. The van der Waals surface area contributed by atoms with Gasteiger partial charge >= 0.3 is 6.18 Å². The number of allylic oxidation sites excluding steroid dienone is 2.